The number of morpholine rings is 1. The molecular weight excluding hydrogens is 290 g/mol. The van der Waals surface area contributed by atoms with Crippen molar-refractivity contribution in [1.82, 2.24) is 13.5 Å². The minimum absolute atomic E-state index is 0.0479. The molecule has 7 heteroatoms. The summed E-state index contributed by atoms with van der Waals surface area (Å²) in [5.41, 5.74) is 1.11. The first-order valence-electron chi connectivity index (χ1n) is 7.56. The third-order valence-electron chi connectivity index (χ3n) is 3.86. The maximum absolute atomic E-state index is 12.7. The van der Waals surface area contributed by atoms with E-state index in [4.69, 9.17) is 4.74 Å². The zero-order chi connectivity index (χ0) is 15.6. The highest BCUT2D eigenvalue weighted by atomic mass is 32.2. The predicted octanol–water partition coefficient (Wildman–Crippen LogP) is 0.534. The summed E-state index contributed by atoms with van der Waals surface area (Å²) in [6.45, 7) is 14.1. The molecule has 0 aromatic rings. The Kier molecular flexibility index (Phi) is 5.43. The maximum atomic E-state index is 12.7. The van der Waals surface area contributed by atoms with Crippen LogP contribution in [-0.2, 0) is 14.9 Å². The number of hydrogen-bond donors (Lipinski definition) is 0. The Morgan fingerprint density at radius 3 is 2.10 bits per heavy atom. The first kappa shape index (κ1) is 16.9. The van der Waals surface area contributed by atoms with Crippen molar-refractivity contribution < 1.29 is 13.2 Å². The van der Waals surface area contributed by atoms with Crippen LogP contribution in [0.2, 0.25) is 0 Å². The van der Waals surface area contributed by atoms with Crippen molar-refractivity contribution in [2.24, 2.45) is 0 Å². The average molecular weight is 317 g/mol. The van der Waals surface area contributed by atoms with E-state index in [0.29, 0.717) is 26.2 Å². The Morgan fingerprint density at radius 2 is 1.62 bits per heavy atom. The molecule has 0 spiro atoms. The summed E-state index contributed by atoms with van der Waals surface area (Å²) >= 11 is 0. The molecule has 2 heterocycles. The topological polar surface area (TPSA) is 53.1 Å². The largest absolute Gasteiger partial charge is 0.373 e. The highest BCUT2D eigenvalue weighted by molar-refractivity contribution is 7.86. The molecule has 2 saturated heterocycles. The van der Waals surface area contributed by atoms with Crippen LogP contribution >= 0.6 is 0 Å². The van der Waals surface area contributed by atoms with E-state index in [0.717, 1.165) is 25.2 Å². The van der Waals surface area contributed by atoms with Crippen molar-refractivity contribution in [2.75, 3.05) is 45.8 Å². The van der Waals surface area contributed by atoms with Gasteiger partial charge >= 0.3 is 0 Å². The number of piperazine rings is 1. The summed E-state index contributed by atoms with van der Waals surface area (Å²) in [6.07, 6.45) is -0.0959. The molecule has 21 heavy (non-hydrogen) atoms. The lowest BCUT2D eigenvalue weighted by atomic mass is 10.3. The van der Waals surface area contributed by atoms with Gasteiger partial charge in [-0.05, 0) is 20.8 Å². The fraction of sp³-hybridized carbons (Fsp3) is 0.857. The van der Waals surface area contributed by atoms with Crippen LogP contribution in [0.25, 0.3) is 0 Å². The van der Waals surface area contributed by atoms with Crippen molar-refractivity contribution in [2.45, 2.75) is 33.0 Å². The smallest absolute Gasteiger partial charge is 0.282 e. The van der Waals surface area contributed by atoms with Crippen LogP contribution in [-0.4, -0.2) is 79.9 Å². The van der Waals surface area contributed by atoms with E-state index in [1.54, 1.807) is 8.61 Å². The van der Waals surface area contributed by atoms with Gasteiger partial charge in [0.05, 0.1) is 12.2 Å². The lowest BCUT2D eigenvalue weighted by Gasteiger charge is -2.40. The highest BCUT2D eigenvalue weighted by Crippen LogP contribution is 2.19. The molecule has 0 aromatic heterocycles. The quantitative estimate of drug-likeness (QED) is 0.710. The van der Waals surface area contributed by atoms with Crippen molar-refractivity contribution in [3.05, 3.63) is 12.2 Å². The van der Waals surface area contributed by atoms with Gasteiger partial charge in [-0.3, -0.25) is 4.90 Å². The summed E-state index contributed by atoms with van der Waals surface area (Å²) in [5, 5.41) is 0. The molecule has 0 radical (unpaired) electrons. The average Bonchev–Trinajstić information content (AvgIpc) is 2.37. The van der Waals surface area contributed by atoms with Crippen LogP contribution in [0, 0.1) is 0 Å². The third kappa shape index (κ3) is 4.26. The van der Waals surface area contributed by atoms with Gasteiger partial charge in [-0.15, -0.1) is 0 Å². The van der Waals surface area contributed by atoms with Crippen molar-refractivity contribution in [3.8, 4) is 0 Å². The first-order valence-corrected chi connectivity index (χ1v) is 8.96. The first-order chi connectivity index (χ1) is 9.79. The molecule has 0 bridgehead atoms. The predicted molar refractivity (Wildman–Crippen MR) is 83.3 cm³/mol. The second-order valence-electron chi connectivity index (χ2n) is 6.21. The summed E-state index contributed by atoms with van der Waals surface area (Å²) in [4.78, 5) is 2.25. The molecule has 122 valence electrons. The minimum Gasteiger partial charge on any atom is -0.373 e. The zero-order valence-corrected chi connectivity index (χ0v) is 14.1. The number of ether oxygens (including phenoxy) is 1. The van der Waals surface area contributed by atoms with Gasteiger partial charge < -0.3 is 4.74 Å². The summed E-state index contributed by atoms with van der Waals surface area (Å²) < 4.78 is 34.2. The van der Waals surface area contributed by atoms with Gasteiger partial charge in [0.2, 0.25) is 0 Å². The standard InChI is InChI=1S/C14H27N3O3S/c1-12(2)9-15-5-7-16(8-6-15)21(18,19)17-10-13(3)20-14(4)11-17/h13-14H,1,5-11H2,2-4H3/t13-,14-/m1/s1. The van der Waals surface area contributed by atoms with Crippen LogP contribution in [0.4, 0.5) is 0 Å². The van der Waals surface area contributed by atoms with Crippen LogP contribution < -0.4 is 0 Å². The molecule has 2 aliphatic rings. The van der Waals surface area contributed by atoms with Crippen LogP contribution in [0.3, 0.4) is 0 Å². The van der Waals surface area contributed by atoms with Gasteiger partial charge in [0.15, 0.2) is 0 Å². The normalized spacial score (nSPS) is 30.4. The molecule has 2 fully saturated rings. The van der Waals surface area contributed by atoms with E-state index in [1.165, 1.54) is 0 Å². The molecule has 2 rings (SSSR count). The van der Waals surface area contributed by atoms with E-state index < -0.39 is 10.2 Å². The molecule has 0 aliphatic carbocycles. The van der Waals surface area contributed by atoms with Gasteiger partial charge in [0, 0.05) is 45.8 Å². The maximum Gasteiger partial charge on any atom is 0.282 e. The summed E-state index contributed by atoms with van der Waals surface area (Å²) in [6, 6.07) is 0. The minimum atomic E-state index is -3.37. The van der Waals surface area contributed by atoms with Gasteiger partial charge in [0.1, 0.15) is 0 Å². The fourth-order valence-corrected chi connectivity index (χ4v) is 4.73. The van der Waals surface area contributed by atoms with Crippen molar-refractivity contribution in [1.29, 1.82) is 0 Å². The molecule has 2 aliphatic heterocycles. The molecule has 6 nitrogen and oxygen atoms in total. The van der Waals surface area contributed by atoms with E-state index in [2.05, 4.69) is 11.5 Å². The second-order valence-corrected chi connectivity index (χ2v) is 8.14. The van der Waals surface area contributed by atoms with Crippen LogP contribution in [0.15, 0.2) is 12.2 Å². The Labute approximate surface area is 128 Å². The van der Waals surface area contributed by atoms with Gasteiger partial charge in [-0.2, -0.15) is 17.0 Å². The van der Waals surface area contributed by atoms with E-state index >= 15 is 0 Å². The third-order valence-corrected chi connectivity index (χ3v) is 5.83. The Hall–Kier alpha value is -0.470. The summed E-state index contributed by atoms with van der Waals surface area (Å²) in [5.74, 6) is 0. The van der Waals surface area contributed by atoms with Gasteiger partial charge in [-0.1, -0.05) is 12.2 Å². The van der Waals surface area contributed by atoms with E-state index in [9.17, 15) is 8.42 Å². The molecule has 2 atom stereocenters. The van der Waals surface area contributed by atoms with Crippen LogP contribution in [0.5, 0.6) is 0 Å². The Bertz CT molecular complexity index is 462. The molecule has 0 aromatic carbocycles. The molecular formula is C14H27N3O3S. The SMILES string of the molecule is C=C(C)CN1CCN(S(=O)(=O)N2C[C@@H](C)O[C@H](C)C2)CC1. The van der Waals surface area contributed by atoms with Crippen LogP contribution in [0.1, 0.15) is 20.8 Å². The van der Waals surface area contributed by atoms with Gasteiger partial charge in [0.25, 0.3) is 10.2 Å². The lowest BCUT2D eigenvalue weighted by molar-refractivity contribution is -0.0457. The van der Waals surface area contributed by atoms with E-state index in [1.807, 2.05) is 20.8 Å². The molecule has 0 N–H and O–H groups in total. The fourth-order valence-electron chi connectivity index (χ4n) is 2.98. The number of nitrogens with zero attached hydrogens (tertiary/aromatic N) is 3. The van der Waals surface area contributed by atoms with Crippen molar-refractivity contribution in [3.63, 3.8) is 0 Å². The monoisotopic (exact) mass is 317 g/mol. The van der Waals surface area contributed by atoms with E-state index in [-0.39, 0.29) is 12.2 Å². The summed E-state index contributed by atoms with van der Waals surface area (Å²) in [7, 11) is -3.37. The Morgan fingerprint density at radius 1 is 1.10 bits per heavy atom. The lowest BCUT2D eigenvalue weighted by Crippen LogP contribution is -2.57. The molecule has 0 saturated carbocycles. The molecule has 0 unspecified atom stereocenters. The Balaban J connectivity index is 1.96. The zero-order valence-electron chi connectivity index (χ0n) is 13.3. The highest BCUT2D eigenvalue weighted by Gasteiger charge is 2.36. The van der Waals surface area contributed by atoms with Crippen molar-refractivity contribution >= 4 is 10.2 Å². The number of rotatable bonds is 4. The second kappa shape index (κ2) is 6.75. The van der Waals surface area contributed by atoms with Gasteiger partial charge in [-0.25, -0.2) is 0 Å². The molecule has 0 amide bonds. The number of hydrogen-bond acceptors (Lipinski definition) is 4.